The quantitative estimate of drug-likeness (QED) is 0.0373. The minimum atomic E-state index is -0.772. The van der Waals surface area contributed by atoms with Crippen LogP contribution >= 0.6 is 0 Å². The highest BCUT2D eigenvalue weighted by atomic mass is 16.6. The number of hydrogen-bond acceptors (Lipinski definition) is 5. The average Bonchev–Trinajstić information content (AvgIpc) is 3.51. The summed E-state index contributed by atoms with van der Waals surface area (Å²) in [6.07, 6.45) is 103. The van der Waals surface area contributed by atoms with E-state index in [2.05, 4.69) is 74.6 Å². The Balaban J connectivity index is 3.38. The summed E-state index contributed by atoms with van der Waals surface area (Å²) in [7, 11) is 0. The van der Waals surface area contributed by atoms with Crippen molar-refractivity contribution in [3.8, 4) is 0 Å². The molecule has 0 radical (unpaired) electrons. The van der Waals surface area contributed by atoms with Crippen molar-refractivity contribution >= 4 is 11.9 Å². The molecular formula is C79H146O5. The monoisotopic (exact) mass is 1180 g/mol. The standard InChI is InChI=1S/C79H146O5/c1-3-5-7-9-11-13-15-17-19-21-23-25-27-29-31-33-35-37-39-41-43-45-47-49-51-53-55-57-59-61-63-65-67-69-71-73-78(81)83-76-77(75-80)84-79(82)74-72-70-68-66-64-62-60-58-56-54-52-50-48-46-44-42-40-38-36-34-32-30-28-26-24-22-20-18-16-14-12-10-8-6-4-2/h6,8,12,14,18,20,24,26,30,32,77,80H,3-5,7,9-11,13,15-17,19,21-23,25,27-29,31,33-76H2,1-2H3/b8-6-,14-12-,20-18-,26-24-,32-30-. The summed E-state index contributed by atoms with van der Waals surface area (Å²) >= 11 is 0. The van der Waals surface area contributed by atoms with E-state index in [1.54, 1.807) is 0 Å². The number of allylic oxidation sites excluding steroid dienone is 10. The first kappa shape index (κ1) is 81.6. The number of hydrogen-bond donors (Lipinski definition) is 1. The molecule has 1 unspecified atom stereocenters. The summed E-state index contributed by atoms with van der Waals surface area (Å²) in [6.45, 7) is 4.09. The van der Waals surface area contributed by atoms with E-state index in [1.165, 1.54) is 321 Å². The van der Waals surface area contributed by atoms with Gasteiger partial charge in [0.15, 0.2) is 6.10 Å². The highest BCUT2D eigenvalue weighted by molar-refractivity contribution is 5.70. The van der Waals surface area contributed by atoms with Crippen molar-refractivity contribution in [2.45, 2.75) is 418 Å². The molecule has 0 saturated carbocycles. The molecule has 492 valence electrons. The van der Waals surface area contributed by atoms with Crippen molar-refractivity contribution in [2.24, 2.45) is 0 Å². The molecule has 0 aliphatic carbocycles. The molecule has 1 N–H and O–H groups in total. The second-order valence-electron chi connectivity index (χ2n) is 25.7. The second-order valence-corrected chi connectivity index (χ2v) is 25.7. The van der Waals surface area contributed by atoms with Gasteiger partial charge in [0.05, 0.1) is 6.61 Å². The van der Waals surface area contributed by atoms with Crippen LogP contribution in [0.5, 0.6) is 0 Å². The van der Waals surface area contributed by atoms with Crippen molar-refractivity contribution < 1.29 is 24.2 Å². The lowest BCUT2D eigenvalue weighted by molar-refractivity contribution is -0.161. The van der Waals surface area contributed by atoms with Gasteiger partial charge in [-0.15, -0.1) is 0 Å². The molecule has 0 heterocycles. The van der Waals surface area contributed by atoms with Crippen LogP contribution < -0.4 is 0 Å². The first-order valence-electron chi connectivity index (χ1n) is 37.8. The number of ether oxygens (including phenoxy) is 2. The largest absolute Gasteiger partial charge is 0.462 e. The smallest absolute Gasteiger partial charge is 0.306 e. The summed E-state index contributed by atoms with van der Waals surface area (Å²) in [5, 5.41) is 9.72. The van der Waals surface area contributed by atoms with E-state index < -0.39 is 6.10 Å². The zero-order valence-electron chi connectivity index (χ0n) is 56.7. The van der Waals surface area contributed by atoms with E-state index in [4.69, 9.17) is 9.47 Å². The predicted molar refractivity (Wildman–Crippen MR) is 371 cm³/mol. The third-order valence-corrected chi connectivity index (χ3v) is 17.3. The van der Waals surface area contributed by atoms with Crippen molar-refractivity contribution in [3.63, 3.8) is 0 Å². The highest BCUT2D eigenvalue weighted by Gasteiger charge is 2.16. The first-order valence-corrected chi connectivity index (χ1v) is 37.8. The van der Waals surface area contributed by atoms with E-state index in [0.717, 1.165) is 64.2 Å². The van der Waals surface area contributed by atoms with Crippen molar-refractivity contribution in [3.05, 3.63) is 60.8 Å². The summed E-state index contributed by atoms with van der Waals surface area (Å²) in [4.78, 5) is 24.7. The van der Waals surface area contributed by atoms with Crippen LogP contribution in [-0.4, -0.2) is 36.4 Å². The van der Waals surface area contributed by atoms with Crippen LogP contribution in [0.15, 0.2) is 60.8 Å². The predicted octanol–water partition coefficient (Wildman–Crippen LogP) is 26.4. The molecule has 0 saturated heterocycles. The zero-order chi connectivity index (χ0) is 60.5. The van der Waals surface area contributed by atoms with Crippen LogP contribution in [0.1, 0.15) is 412 Å². The fourth-order valence-corrected chi connectivity index (χ4v) is 11.7. The van der Waals surface area contributed by atoms with Crippen LogP contribution in [0.2, 0.25) is 0 Å². The van der Waals surface area contributed by atoms with Gasteiger partial charge in [-0.05, 0) is 57.8 Å². The number of esters is 2. The molecule has 0 aliphatic heterocycles. The Morgan fingerprint density at radius 2 is 0.512 bits per heavy atom. The summed E-state index contributed by atoms with van der Waals surface area (Å²) in [5.41, 5.74) is 0. The molecule has 0 bridgehead atoms. The number of carbonyl (C=O) groups is 2. The third-order valence-electron chi connectivity index (χ3n) is 17.3. The first-order chi connectivity index (χ1) is 41.6. The zero-order valence-corrected chi connectivity index (χ0v) is 56.7. The number of aliphatic hydroxyl groups is 1. The number of unbranched alkanes of at least 4 members (excludes halogenated alkanes) is 53. The van der Waals surface area contributed by atoms with Crippen LogP contribution in [0, 0.1) is 0 Å². The summed E-state index contributed by atoms with van der Waals surface area (Å²) in [5.74, 6) is -0.566. The molecule has 0 fully saturated rings. The molecule has 0 aromatic heterocycles. The summed E-state index contributed by atoms with van der Waals surface area (Å²) in [6, 6.07) is 0. The van der Waals surface area contributed by atoms with E-state index >= 15 is 0 Å². The van der Waals surface area contributed by atoms with Crippen LogP contribution in [0.4, 0.5) is 0 Å². The Labute approximate surface area is 525 Å². The van der Waals surface area contributed by atoms with E-state index in [1.807, 2.05) is 0 Å². The second kappa shape index (κ2) is 74.9. The van der Waals surface area contributed by atoms with Gasteiger partial charge in [0, 0.05) is 12.8 Å². The normalized spacial score (nSPS) is 12.5. The summed E-state index contributed by atoms with van der Waals surface area (Å²) < 4.78 is 10.8. The lowest BCUT2D eigenvalue weighted by atomic mass is 10.0. The molecule has 5 heteroatoms. The molecule has 0 aromatic carbocycles. The maximum absolute atomic E-state index is 12.4. The van der Waals surface area contributed by atoms with Gasteiger partial charge in [-0.25, -0.2) is 0 Å². The fraction of sp³-hybridized carbons (Fsp3) is 0.848. The minimum absolute atomic E-state index is 0.0601. The number of rotatable bonds is 71. The van der Waals surface area contributed by atoms with Gasteiger partial charge in [0.1, 0.15) is 6.61 Å². The Morgan fingerprint density at radius 1 is 0.286 bits per heavy atom. The van der Waals surface area contributed by atoms with Gasteiger partial charge < -0.3 is 14.6 Å². The molecule has 1 atom stereocenters. The molecule has 5 nitrogen and oxygen atoms in total. The van der Waals surface area contributed by atoms with E-state index in [9.17, 15) is 14.7 Å². The van der Waals surface area contributed by atoms with Crippen molar-refractivity contribution in [2.75, 3.05) is 13.2 Å². The van der Waals surface area contributed by atoms with Crippen LogP contribution in [-0.2, 0) is 19.1 Å². The lowest BCUT2D eigenvalue weighted by Crippen LogP contribution is -2.28. The van der Waals surface area contributed by atoms with Gasteiger partial charge in [0.25, 0.3) is 0 Å². The Hall–Kier alpha value is -2.40. The van der Waals surface area contributed by atoms with E-state index in [-0.39, 0.29) is 25.2 Å². The SMILES string of the molecule is CC/C=C\C/C=C\C/C=C\C/C=C\C/C=C\CCCCCCCCCCCCCCCCCCCCCC(=O)OC(CO)COC(=O)CCCCCCCCCCCCCCCCCCCCCCCCCCCCCCCCCCCCC. The maximum Gasteiger partial charge on any atom is 0.306 e. The number of carbonyl (C=O) groups excluding carboxylic acids is 2. The lowest BCUT2D eigenvalue weighted by Gasteiger charge is -2.15. The van der Waals surface area contributed by atoms with Gasteiger partial charge in [-0.2, -0.15) is 0 Å². The Bertz CT molecular complexity index is 1430. The van der Waals surface area contributed by atoms with Crippen LogP contribution in [0.3, 0.4) is 0 Å². The Morgan fingerprint density at radius 3 is 0.774 bits per heavy atom. The fourth-order valence-electron chi connectivity index (χ4n) is 11.7. The maximum atomic E-state index is 12.4. The van der Waals surface area contributed by atoms with Gasteiger partial charge in [-0.3, -0.25) is 9.59 Å². The minimum Gasteiger partial charge on any atom is -0.462 e. The van der Waals surface area contributed by atoms with Gasteiger partial charge >= 0.3 is 11.9 Å². The molecule has 0 amide bonds. The van der Waals surface area contributed by atoms with E-state index in [0.29, 0.717) is 12.8 Å². The average molecular weight is 1180 g/mol. The Kier molecular flexibility index (Phi) is 72.7. The van der Waals surface area contributed by atoms with Crippen molar-refractivity contribution in [1.29, 1.82) is 0 Å². The number of aliphatic hydroxyl groups excluding tert-OH is 1. The van der Waals surface area contributed by atoms with Crippen molar-refractivity contribution in [1.82, 2.24) is 0 Å². The highest BCUT2D eigenvalue weighted by Crippen LogP contribution is 2.20. The van der Waals surface area contributed by atoms with Crippen LogP contribution in [0.25, 0.3) is 0 Å². The topological polar surface area (TPSA) is 72.8 Å². The molecule has 0 spiro atoms. The third kappa shape index (κ3) is 72.1. The molecule has 0 aliphatic rings. The molecular weight excluding hydrogens is 1030 g/mol. The van der Waals surface area contributed by atoms with Gasteiger partial charge in [-0.1, -0.05) is 402 Å². The molecule has 0 aromatic rings. The molecule has 84 heavy (non-hydrogen) atoms. The molecule has 0 rings (SSSR count). The van der Waals surface area contributed by atoms with Gasteiger partial charge in [0.2, 0.25) is 0 Å².